The van der Waals surface area contributed by atoms with Crippen LogP contribution < -0.4 is 15.0 Å². The fourth-order valence-electron chi connectivity index (χ4n) is 3.28. The molecule has 0 unspecified atom stereocenters. The first-order valence-electron chi connectivity index (χ1n) is 8.26. The van der Waals surface area contributed by atoms with E-state index in [0.717, 1.165) is 21.3 Å². The van der Waals surface area contributed by atoms with Crippen LogP contribution in [0.25, 0.3) is 10.5 Å². The van der Waals surface area contributed by atoms with E-state index in [1.165, 1.54) is 22.2 Å². The molecule has 0 radical (unpaired) electrons. The minimum atomic E-state index is -0.333. The molecule has 0 spiro atoms. The van der Waals surface area contributed by atoms with Crippen molar-refractivity contribution in [1.82, 2.24) is 14.6 Å². The fourth-order valence-corrected chi connectivity index (χ4v) is 4.74. The average molecular weight is 474 g/mol. The lowest BCUT2D eigenvalue weighted by molar-refractivity contribution is -0.113. The Hall–Kier alpha value is -2.55. The van der Waals surface area contributed by atoms with Gasteiger partial charge in [0.05, 0.1) is 17.8 Å². The summed E-state index contributed by atoms with van der Waals surface area (Å²) in [5.74, 6) is -0.218. The van der Waals surface area contributed by atoms with E-state index in [1.807, 2.05) is 30.3 Å². The number of amides is 1. The van der Waals surface area contributed by atoms with Crippen molar-refractivity contribution in [3.63, 3.8) is 0 Å². The van der Waals surface area contributed by atoms with Gasteiger partial charge in [-0.1, -0.05) is 51.0 Å². The number of fused-ring (bicyclic) bond motifs is 2. The molecule has 0 saturated heterocycles. The quantitative estimate of drug-likeness (QED) is 0.449. The number of anilines is 1. The number of carbonyl (C=O) groups is 1. The monoisotopic (exact) mass is 472 g/mol. The molecule has 0 fully saturated rings. The van der Waals surface area contributed by atoms with Crippen LogP contribution in [0, 0.1) is 0 Å². The van der Waals surface area contributed by atoms with Gasteiger partial charge in [-0.25, -0.2) is 4.98 Å². The highest BCUT2D eigenvalue weighted by atomic mass is 79.9. The second-order valence-corrected chi connectivity index (χ2v) is 8.57. The van der Waals surface area contributed by atoms with Gasteiger partial charge < -0.3 is 4.90 Å². The summed E-state index contributed by atoms with van der Waals surface area (Å²) in [5, 5.41) is 4.58. The van der Waals surface area contributed by atoms with Gasteiger partial charge in [0, 0.05) is 15.1 Å². The van der Waals surface area contributed by atoms with E-state index >= 15 is 0 Å². The lowest BCUT2D eigenvalue weighted by atomic mass is 10.1. The van der Waals surface area contributed by atoms with Gasteiger partial charge in [-0.15, -0.1) is 0 Å². The Balaban J connectivity index is 1.73. The summed E-state index contributed by atoms with van der Waals surface area (Å²) in [5.41, 5.74) is 2.47. The molecule has 0 saturated carbocycles. The molecule has 4 aromatic rings. The molecule has 2 aromatic carbocycles. The maximum Gasteiger partial charge on any atom is 0.291 e. The zero-order valence-electron chi connectivity index (χ0n) is 14.1. The largest absolute Gasteiger partial charge is 0.303 e. The van der Waals surface area contributed by atoms with E-state index in [2.05, 4.69) is 26.0 Å². The van der Waals surface area contributed by atoms with Gasteiger partial charge in [0.1, 0.15) is 10.9 Å². The number of hydrogen-bond donors (Lipinski definition) is 0. The summed E-state index contributed by atoms with van der Waals surface area (Å²) in [7, 11) is 0. The summed E-state index contributed by atoms with van der Waals surface area (Å²) in [6.07, 6.45) is 1.33. The molecule has 5 rings (SSSR count). The second-order valence-electron chi connectivity index (χ2n) is 6.24. The van der Waals surface area contributed by atoms with Crippen molar-refractivity contribution in [1.29, 1.82) is 0 Å². The Kier molecular flexibility index (Phi) is 4.08. The van der Waals surface area contributed by atoms with Crippen LogP contribution in [-0.2, 0) is 11.3 Å². The molecular formula is C19H10BrClN4O2S. The number of carbonyl (C=O) groups excluding carboxylic acids is 1. The van der Waals surface area contributed by atoms with Crippen molar-refractivity contribution in [2.45, 2.75) is 6.54 Å². The standard InChI is InChI=1S/C19H10BrClN4O2S/c20-11-3-6-14-13(7-11)15(16-18(27)25-19(28-16)22-9-23-25)17(26)24(14)8-10-1-4-12(21)5-2-10/h1-7,9H,8H2/b16-15-. The maximum absolute atomic E-state index is 13.4. The molecule has 1 aliphatic rings. The summed E-state index contributed by atoms with van der Waals surface area (Å²) >= 11 is 10.6. The molecule has 0 N–H and O–H groups in total. The maximum atomic E-state index is 13.4. The van der Waals surface area contributed by atoms with Crippen molar-refractivity contribution < 1.29 is 4.79 Å². The smallest absolute Gasteiger partial charge is 0.291 e. The lowest BCUT2D eigenvalue weighted by Gasteiger charge is -2.17. The zero-order chi connectivity index (χ0) is 19.4. The molecule has 6 nitrogen and oxygen atoms in total. The zero-order valence-corrected chi connectivity index (χ0v) is 17.3. The molecule has 0 bridgehead atoms. The highest BCUT2D eigenvalue weighted by Gasteiger charge is 2.34. The van der Waals surface area contributed by atoms with Gasteiger partial charge in [0.2, 0.25) is 4.96 Å². The Morgan fingerprint density at radius 1 is 1.11 bits per heavy atom. The van der Waals surface area contributed by atoms with Crippen LogP contribution >= 0.6 is 38.9 Å². The van der Waals surface area contributed by atoms with Crippen LogP contribution in [0.2, 0.25) is 5.02 Å². The molecule has 1 aliphatic heterocycles. The average Bonchev–Trinajstić information content (AvgIpc) is 3.32. The van der Waals surface area contributed by atoms with Gasteiger partial charge >= 0.3 is 0 Å². The molecule has 0 aliphatic carbocycles. The van der Waals surface area contributed by atoms with Gasteiger partial charge in [-0.05, 0) is 35.9 Å². The van der Waals surface area contributed by atoms with E-state index in [1.54, 1.807) is 17.0 Å². The number of hydrogen-bond acceptors (Lipinski definition) is 5. The Bertz CT molecular complexity index is 1360. The number of rotatable bonds is 2. The molecule has 0 atom stereocenters. The van der Waals surface area contributed by atoms with E-state index in [9.17, 15) is 9.59 Å². The lowest BCUT2D eigenvalue weighted by Crippen LogP contribution is -2.32. The van der Waals surface area contributed by atoms with Crippen LogP contribution in [0.15, 0.2) is 58.1 Å². The second kappa shape index (κ2) is 6.51. The first-order chi connectivity index (χ1) is 13.5. The molecular weight excluding hydrogens is 464 g/mol. The van der Waals surface area contributed by atoms with Crippen LogP contribution in [0.4, 0.5) is 5.69 Å². The van der Waals surface area contributed by atoms with E-state index in [0.29, 0.717) is 26.6 Å². The van der Waals surface area contributed by atoms with Gasteiger partial charge in [0.15, 0.2) is 0 Å². The molecule has 138 valence electrons. The first-order valence-corrected chi connectivity index (χ1v) is 10.2. The van der Waals surface area contributed by atoms with Gasteiger partial charge in [-0.3, -0.25) is 9.59 Å². The summed E-state index contributed by atoms with van der Waals surface area (Å²) < 4.78 is 2.40. The molecule has 3 heterocycles. The Morgan fingerprint density at radius 2 is 1.89 bits per heavy atom. The van der Waals surface area contributed by atoms with Crippen molar-refractivity contribution >= 4 is 61.0 Å². The topological polar surface area (TPSA) is 67.6 Å². The first kappa shape index (κ1) is 17.5. The SMILES string of the molecule is O=C1/C(=c2\sc3ncnn3c2=O)c2cc(Br)ccc2N1Cc1ccc(Cl)cc1. The number of thiazole rings is 1. The Labute approximate surface area is 175 Å². The number of nitrogens with zero attached hydrogens (tertiary/aromatic N) is 4. The number of aromatic nitrogens is 3. The van der Waals surface area contributed by atoms with Crippen LogP contribution in [-0.4, -0.2) is 20.5 Å². The molecule has 28 heavy (non-hydrogen) atoms. The third-order valence-electron chi connectivity index (χ3n) is 4.56. The van der Waals surface area contributed by atoms with Gasteiger partial charge in [-0.2, -0.15) is 9.61 Å². The summed E-state index contributed by atoms with van der Waals surface area (Å²) in [6, 6.07) is 13.0. The minimum absolute atomic E-state index is 0.218. The van der Waals surface area contributed by atoms with Crippen LogP contribution in [0.3, 0.4) is 0 Å². The minimum Gasteiger partial charge on any atom is -0.303 e. The number of halogens is 2. The van der Waals surface area contributed by atoms with E-state index in [4.69, 9.17) is 11.6 Å². The highest BCUT2D eigenvalue weighted by Crippen LogP contribution is 2.38. The Morgan fingerprint density at radius 3 is 2.64 bits per heavy atom. The van der Waals surface area contributed by atoms with Crippen molar-refractivity contribution in [3.05, 3.63) is 84.3 Å². The fraction of sp³-hybridized carbons (Fsp3) is 0.0526. The molecule has 2 aromatic heterocycles. The van der Waals surface area contributed by atoms with E-state index in [-0.39, 0.29) is 11.5 Å². The predicted molar refractivity (Wildman–Crippen MR) is 112 cm³/mol. The normalized spacial score (nSPS) is 15.5. The van der Waals surface area contributed by atoms with Crippen LogP contribution in [0.5, 0.6) is 0 Å². The van der Waals surface area contributed by atoms with E-state index < -0.39 is 0 Å². The summed E-state index contributed by atoms with van der Waals surface area (Å²) in [6.45, 7) is 0.378. The summed E-state index contributed by atoms with van der Waals surface area (Å²) in [4.78, 5) is 32.4. The van der Waals surface area contributed by atoms with Crippen molar-refractivity contribution in [2.24, 2.45) is 0 Å². The van der Waals surface area contributed by atoms with Gasteiger partial charge in [0.25, 0.3) is 11.5 Å². The van der Waals surface area contributed by atoms with Crippen molar-refractivity contribution in [3.8, 4) is 0 Å². The third kappa shape index (κ3) is 2.68. The molecule has 1 amide bonds. The number of benzene rings is 2. The highest BCUT2D eigenvalue weighted by molar-refractivity contribution is 9.10. The van der Waals surface area contributed by atoms with Crippen molar-refractivity contribution in [2.75, 3.05) is 4.90 Å². The molecule has 9 heteroatoms. The predicted octanol–water partition coefficient (Wildman–Crippen LogP) is 3.03. The third-order valence-corrected chi connectivity index (χ3v) is 6.34. The van der Waals surface area contributed by atoms with Crippen LogP contribution in [0.1, 0.15) is 11.1 Å².